The Bertz CT molecular complexity index is 583. The maximum atomic E-state index is 12.6. The lowest BCUT2D eigenvalue weighted by molar-refractivity contribution is -0.0435. The van der Waals surface area contributed by atoms with E-state index in [1.165, 1.54) is 18.2 Å². The Morgan fingerprint density at radius 2 is 1.70 bits per heavy atom. The molecule has 0 spiro atoms. The fourth-order valence-corrected chi connectivity index (χ4v) is 2.35. The van der Waals surface area contributed by atoms with Crippen molar-refractivity contribution >= 4 is 27.1 Å². The van der Waals surface area contributed by atoms with Gasteiger partial charge in [-0.2, -0.15) is 13.2 Å². The third-order valence-corrected chi connectivity index (χ3v) is 5.02. The molecule has 0 saturated heterocycles. The molecule has 1 N–H and O–H groups in total. The number of hydrogen-bond donors (Lipinski definition) is 1. The second kappa shape index (κ2) is 5.44. The van der Waals surface area contributed by atoms with Crippen LogP contribution in [0.2, 0.25) is 0 Å². The van der Waals surface area contributed by atoms with Crippen LogP contribution in [0.4, 0.5) is 18.9 Å². The number of para-hydroxylation sites is 1. The Morgan fingerprint density at radius 1 is 1.20 bits per heavy atom. The highest BCUT2D eigenvalue weighted by molar-refractivity contribution is 7.92. The van der Waals surface area contributed by atoms with Gasteiger partial charge in [0.1, 0.15) is 0 Å². The zero-order valence-corrected chi connectivity index (χ0v) is 12.7. The molecule has 0 saturated carbocycles. The fraction of sp³-hybridized carbons (Fsp3) is 0.500. The van der Waals surface area contributed by atoms with Gasteiger partial charge in [0.15, 0.2) is 0 Å². The van der Waals surface area contributed by atoms with Crippen molar-refractivity contribution in [2.24, 2.45) is 0 Å². The third kappa shape index (κ3) is 3.38. The number of nitrogens with one attached hydrogen (secondary N) is 1. The van der Waals surface area contributed by atoms with Gasteiger partial charge in [0.05, 0.1) is 16.0 Å². The lowest BCUT2D eigenvalue weighted by Crippen LogP contribution is -2.39. The summed E-state index contributed by atoms with van der Waals surface area (Å²) in [5.41, 5.74) is -6.25. The maximum Gasteiger partial charge on any atom is 0.501 e. The molecule has 0 bridgehead atoms. The molecule has 1 rings (SSSR count). The maximum absolute atomic E-state index is 12.6. The molecule has 0 aliphatic carbocycles. The summed E-state index contributed by atoms with van der Waals surface area (Å²) in [7, 11) is -5.41. The Hall–Kier alpha value is -0.950. The van der Waals surface area contributed by atoms with Gasteiger partial charge in [0.2, 0.25) is 0 Å². The van der Waals surface area contributed by atoms with Crippen LogP contribution in [0.3, 0.4) is 0 Å². The van der Waals surface area contributed by atoms with Gasteiger partial charge in [-0.15, -0.1) is 11.6 Å². The highest BCUT2D eigenvalue weighted by Gasteiger charge is 2.48. The van der Waals surface area contributed by atoms with E-state index in [0.717, 1.165) is 6.07 Å². The molecular formula is C12H15ClF3NO2S. The van der Waals surface area contributed by atoms with Gasteiger partial charge in [-0.3, -0.25) is 0 Å². The molecule has 1 atom stereocenters. The standard InChI is InChI=1S/C12H15ClF3NO2S/c1-8(13)11(2,3)17-9-6-4-5-7-10(9)20(18,19)12(14,15)16/h4-8,17H,1-3H3. The number of halogens is 4. The summed E-state index contributed by atoms with van der Waals surface area (Å²) in [6, 6.07) is 4.88. The van der Waals surface area contributed by atoms with Gasteiger partial charge < -0.3 is 5.32 Å². The van der Waals surface area contributed by atoms with Crippen molar-refractivity contribution in [3.05, 3.63) is 24.3 Å². The largest absolute Gasteiger partial charge is 0.501 e. The minimum absolute atomic E-state index is 0.123. The first-order valence-electron chi connectivity index (χ1n) is 5.72. The summed E-state index contributed by atoms with van der Waals surface area (Å²) in [5, 5.41) is 2.33. The molecule has 114 valence electrons. The van der Waals surface area contributed by atoms with Crippen molar-refractivity contribution in [2.45, 2.75) is 42.1 Å². The van der Waals surface area contributed by atoms with Crippen molar-refractivity contribution in [1.82, 2.24) is 0 Å². The molecule has 0 radical (unpaired) electrons. The summed E-state index contributed by atoms with van der Waals surface area (Å²) in [4.78, 5) is -0.808. The monoisotopic (exact) mass is 329 g/mol. The number of benzene rings is 1. The first kappa shape index (κ1) is 17.1. The van der Waals surface area contributed by atoms with E-state index < -0.39 is 31.2 Å². The number of rotatable bonds is 4. The molecule has 8 heteroatoms. The van der Waals surface area contributed by atoms with Crippen LogP contribution in [0.5, 0.6) is 0 Å². The van der Waals surface area contributed by atoms with E-state index in [2.05, 4.69) is 5.32 Å². The average molecular weight is 330 g/mol. The van der Waals surface area contributed by atoms with Crippen molar-refractivity contribution < 1.29 is 21.6 Å². The predicted molar refractivity (Wildman–Crippen MR) is 72.7 cm³/mol. The van der Waals surface area contributed by atoms with Crippen molar-refractivity contribution in [1.29, 1.82) is 0 Å². The Kier molecular flexibility index (Phi) is 4.65. The smallest absolute Gasteiger partial charge is 0.378 e. The first-order valence-corrected chi connectivity index (χ1v) is 7.64. The number of hydrogen-bond acceptors (Lipinski definition) is 3. The van der Waals surface area contributed by atoms with Crippen LogP contribution < -0.4 is 5.32 Å². The molecule has 20 heavy (non-hydrogen) atoms. The van der Waals surface area contributed by atoms with E-state index in [0.29, 0.717) is 0 Å². The van der Waals surface area contributed by atoms with Gasteiger partial charge in [-0.05, 0) is 32.9 Å². The van der Waals surface area contributed by atoms with E-state index in [1.807, 2.05) is 0 Å². The lowest BCUT2D eigenvalue weighted by atomic mass is 10.0. The summed E-state index contributed by atoms with van der Waals surface area (Å²) >= 11 is 5.94. The van der Waals surface area contributed by atoms with Gasteiger partial charge in [-0.1, -0.05) is 12.1 Å². The normalized spacial score (nSPS) is 14.9. The zero-order chi connectivity index (χ0) is 15.8. The molecule has 0 aromatic heterocycles. The zero-order valence-electron chi connectivity index (χ0n) is 11.1. The SMILES string of the molecule is CC(Cl)C(C)(C)Nc1ccccc1S(=O)(=O)C(F)(F)F. The molecule has 0 heterocycles. The minimum atomic E-state index is -5.41. The quantitative estimate of drug-likeness (QED) is 0.855. The fourth-order valence-electron chi connectivity index (χ4n) is 1.38. The Labute approximate surface area is 121 Å². The average Bonchev–Trinajstić information content (AvgIpc) is 2.27. The minimum Gasteiger partial charge on any atom is -0.378 e. The van der Waals surface area contributed by atoms with E-state index in [1.54, 1.807) is 20.8 Å². The van der Waals surface area contributed by atoms with Crippen LogP contribution >= 0.6 is 11.6 Å². The van der Waals surface area contributed by atoms with Crippen LogP contribution in [-0.4, -0.2) is 24.8 Å². The van der Waals surface area contributed by atoms with Crippen molar-refractivity contribution in [3.63, 3.8) is 0 Å². The summed E-state index contributed by atoms with van der Waals surface area (Å²) in [5.74, 6) is 0. The number of anilines is 1. The summed E-state index contributed by atoms with van der Waals surface area (Å²) in [6.45, 7) is 5.00. The van der Waals surface area contributed by atoms with Crippen molar-refractivity contribution in [2.75, 3.05) is 5.32 Å². The summed E-state index contributed by atoms with van der Waals surface area (Å²) in [6.07, 6.45) is 0. The van der Waals surface area contributed by atoms with Gasteiger partial charge in [0, 0.05) is 5.54 Å². The van der Waals surface area contributed by atoms with E-state index >= 15 is 0 Å². The van der Waals surface area contributed by atoms with Crippen LogP contribution in [0, 0.1) is 0 Å². The van der Waals surface area contributed by atoms with E-state index in [-0.39, 0.29) is 5.69 Å². The first-order chi connectivity index (χ1) is 8.89. The van der Waals surface area contributed by atoms with Crippen LogP contribution in [0.15, 0.2) is 29.2 Å². The molecule has 3 nitrogen and oxygen atoms in total. The molecule has 0 fully saturated rings. The Morgan fingerprint density at radius 3 is 2.15 bits per heavy atom. The van der Waals surface area contributed by atoms with Gasteiger partial charge in [0.25, 0.3) is 9.84 Å². The molecule has 0 aliphatic heterocycles. The predicted octanol–water partition coefficient (Wildman–Crippen LogP) is 3.80. The Balaban J connectivity index is 3.34. The van der Waals surface area contributed by atoms with Crippen molar-refractivity contribution in [3.8, 4) is 0 Å². The highest BCUT2D eigenvalue weighted by Crippen LogP contribution is 2.35. The second-order valence-corrected chi connectivity index (χ2v) is 7.47. The number of alkyl halides is 4. The summed E-state index contributed by atoms with van der Waals surface area (Å²) < 4.78 is 61.0. The number of sulfone groups is 1. The molecule has 1 aromatic carbocycles. The molecular weight excluding hydrogens is 315 g/mol. The van der Waals surface area contributed by atoms with Gasteiger partial charge in [-0.25, -0.2) is 8.42 Å². The van der Waals surface area contributed by atoms with Gasteiger partial charge >= 0.3 is 5.51 Å². The van der Waals surface area contributed by atoms with Crippen LogP contribution in [0.1, 0.15) is 20.8 Å². The molecule has 0 aliphatic rings. The molecule has 0 amide bonds. The van der Waals surface area contributed by atoms with Crippen LogP contribution in [0.25, 0.3) is 0 Å². The van der Waals surface area contributed by atoms with E-state index in [9.17, 15) is 21.6 Å². The molecule has 1 aromatic rings. The van der Waals surface area contributed by atoms with Crippen LogP contribution in [-0.2, 0) is 9.84 Å². The highest BCUT2D eigenvalue weighted by atomic mass is 35.5. The second-order valence-electron chi connectivity index (χ2n) is 4.91. The third-order valence-electron chi connectivity index (χ3n) is 2.93. The topological polar surface area (TPSA) is 46.2 Å². The lowest BCUT2D eigenvalue weighted by Gasteiger charge is -2.31. The molecule has 1 unspecified atom stereocenters. The van der Waals surface area contributed by atoms with E-state index in [4.69, 9.17) is 11.6 Å².